The largest absolute Gasteiger partial charge is 0.469 e. The van der Waals surface area contributed by atoms with Gasteiger partial charge in [0.25, 0.3) is 11.6 Å². The van der Waals surface area contributed by atoms with Crippen molar-refractivity contribution in [3.05, 3.63) is 75.9 Å². The van der Waals surface area contributed by atoms with Gasteiger partial charge >= 0.3 is 0 Å². The number of nitrogens with zero attached hydrogens (tertiary/aromatic N) is 2. The van der Waals surface area contributed by atoms with Crippen molar-refractivity contribution < 1.29 is 18.6 Å². The molecule has 3 aromatic rings. The van der Waals surface area contributed by atoms with Gasteiger partial charge in [0.15, 0.2) is 0 Å². The van der Waals surface area contributed by atoms with Gasteiger partial charge in [-0.15, -0.1) is 0 Å². The Balaban J connectivity index is 1.66. The van der Waals surface area contributed by atoms with E-state index in [9.17, 15) is 14.9 Å². The van der Waals surface area contributed by atoms with E-state index >= 15 is 0 Å². The molecule has 0 saturated heterocycles. The highest BCUT2D eigenvalue weighted by molar-refractivity contribution is 5.95. The first-order valence-corrected chi connectivity index (χ1v) is 7.27. The summed E-state index contributed by atoms with van der Waals surface area (Å²) in [5.74, 6) is 1.08. The van der Waals surface area contributed by atoms with Crippen molar-refractivity contribution in [3.63, 3.8) is 0 Å². The quantitative estimate of drug-likeness (QED) is 0.434. The summed E-state index contributed by atoms with van der Waals surface area (Å²) in [6.45, 7) is 1.68. The number of nitro benzene ring substituents is 1. The molecule has 0 aliphatic carbocycles. The number of amides is 1. The van der Waals surface area contributed by atoms with Crippen LogP contribution in [0, 0.1) is 17.0 Å². The third-order valence-electron chi connectivity index (χ3n) is 3.45. The first-order valence-electron chi connectivity index (χ1n) is 7.27. The SMILES string of the molecule is Cc1occc1C(=O)N/N=C/c1ccc(-c2ccc([N+](=O)[O-])cc2)o1. The summed E-state index contributed by atoms with van der Waals surface area (Å²) >= 11 is 0. The third kappa shape index (κ3) is 3.63. The Bertz CT molecular complexity index is 937. The topological polar surface area (TPSA) is 111 Å². The van der Waals surface area contributed by atoms with Crippen LogP contribution in [0.25, 0.3) is 11.3 Å². The van der Waals surface area contributed by atoms with E-state index in [0.717, 1.165) is 0 Å². The molecule has 1 amide bonds. The molecular weight excluding hydrogens is 326 g/mol. The molecule has 0 atom stereocenters. The van der Waals surface area contributed by atoms with E-state index in [2.05, 4.69) is 10.5 Å². The molecule has 1 aromatic carbocycles. The molecule has 0 bridgehead atoms. The Morgan fingerprint density at radius 1 is 1.20 bits per heavy atom. The highest BCUT2D eigenvalue weighted by Gasteiger charge is 2.10. The van der Waals surface area contributed by atoms with Crippen LogP contribution < -0.4 is 5.43 Å². The number of carbonyl (C=O) groups excluding carboxylic acids is 1. The van der Waals surface area contributed by atoms with Crippen LogP contribution in [0.15, 0.2) is 62.7 Å². The number of hydrogen-bond donors (Lipinski definition) is 1. The lowest BCUT2D eigenvalue weighted by molar-refractivity contribution is -0.384. The number of nitro groups is 1. The van der Waals surface area contributed by atoms with Gasteiger partial charge in [-0.2, -0.15) is 5.10 Å². The van der Waals surface area contributed by atoms with E-state index in [1.165, 1.54) is 24.6 Å². The number of benzene rings is 1. The van der Waals surface area contributed by atoms with E-state index in [1.54, 1.807) is 37.3 Å². The second-order valence-electron chi connectivity index (χ2n) is 5.10. The van der Waals surface area contributed by atoms with Crippen LogP contribution in [0.3, 0.4) is 0 Å². The van der Waals surface area contributed by atoms with Crippen LogP contribution in [-0.4, -0.2) is 17.0 Å². The van der Waals surface area contributed by atoms with Gasteiger partial charge < -0.3 is 8.83 Å². The van der Waals surface area contributed by atoms with Gasteiger partial charge in [-0.25, -0.2) is 5.43 Å². The maximum atomic E-state index is 11.9. The van der Waals surface area contributed by atoms with Crippen molar-refractivity contribution in [2.45, 2.75) is 6.92 Å². The predicted molar refractivity (Wildman–Crippen MR) is 89.3 cm³/mol. The molecule has 8 heteroatoms. The van der Waals surface area contributed by atoms with Crippen LogP contribution in [0.2, 0.25) is 0 Å². The molecule has 0 aliphatic rings. The van der Waals surface area contributed by atoms with Gasteiger partial charge in [-0.3, -0.25) is 14.9 Å². The first kappa shape index (κ1) is 16.2. The zero-order chi connectivity index (χ0) is 17.8. The lowest BCUT2D eigenvalue weighted by Gasteiger charge is -1.97. The zero-order valence-electron chi connectivity index (χ0n) is 13.1. The Morgan fingerprint density at radius 2 is 1.96 bits per heavy atom. The van der Waals surface area contributed by atoms with Crippen LogP contribution in [0.1, 0.15) is 21.9 Å². The van der Waals surface area contributed by atoms with Crippen LogP contribution >= 0.6 is 0 Å². The van der Waals surface area contributed by atoms with Crippen molar-refractivity contribution in [2.75, 3.05) is 0 Å². The maximum Gasteiger partial charge on any atom is 0.274 e. The Morgan fingerprint density at radius 3 is 2.60 bits per heavy atom. The number of furan rings is 2. The van der Waals surface area contributed by atoms with Crippen molar-refractivity contribution in [1.82, 2.24) is 5.43 Å². The molecule has 1 N–H and O–H groups in total. The Kier molecular flexibility index (Phi) is 4.42. The third-order valence-corrected chi connectivity index (χ3v) is 3.45. The molecule has 0 spiro atoms. The number of hydrazone groups is 1. The van der Waals surface area contributed by atoms with Crippen molar-refractivity contribution in [2.24, 2.45) is 5.10 Å². The average Bonchev–Trinajstić information content (AvgIpc) is 3.24. The molecule has 2 heterocycles. The molecule has 0 aliphatic heterocycles. The fraction of sp³-hybridized carbons (Fsp3) is 0.0588. The average molecular weight is 339 g/mol. The Hall–Kier alpha value is -3.68. The van der Waals surface area contributed by atoms with E-state index in [4.69, 9.17) is 8.83 Å². The molecule has 0 saturated carbocycles. The van der Waals surface area contributed by atoms with E-state index in [0.29, 0.717) is 28.4 Å². The number of non-ortho nitro benzene ring substituents is 1. The van der Waals surface area contributed by atoms with E-state index < -0.39 is 4.92 Å². The highest BCUT2D eigenvalue weighted by atomic mass is 16.6. The molecular formula is C17H13N3O5. The Labute approximate surface area is 141 Å². The van der Waals surface area contributed by atoms with Gasteiger partial charge in [0, 0.05) is 17.7 Å². The van der Waals surface area contributed by atoms with Crippen LogP contribution in [-0.2, 0) is 0 Å². The monoisotopic (exact) mass is 339 g/mol. The standard InChI is InChI=1S/C17H13N3O5/c1-11-15(8-9-24-11)17(21)19-18-10-14-6-7-16(25-14)12-2-4-13(5-3-12)20(22)23/h2-10H,1H3,(H,19,21)/b18-10+. The number of rotatable bonds is 5. The highest BCUT2D eigenvalue weighted by Crippen LogP contribution is 2.24. The summed E-state index contributed by atoms with van der Waals surface area (Å²) in [5, 5.41) is 14.5. The van der Waals surface area contributed by atoms with Crippen LogP contribution in [0.4, 0.5) is 5.69 Å². The molecule has 2 aromatic heterocycles. The second kappa shape index (κ2) is 6.83. The van der Waals surface area contributed by atoms with Crippen molar-refractivity contribution >= 4 is 17.8 Å². The molecule has 25 heavy (non-hydrogen) atoms. The smallest absolute Gasteiger partial charge is 0.274 e. The van der Waals surface area contributed by atoms with Crippen molar-refractivity contribution in [3.8, 4) is 11.3 Å². The summed E-state index contributed by atoms with van der Waals surface area (Å²) in [6, 6.07) is 10.9. The first-order chi connectivity index (χ1) is 12.0. The molecule has 126 valence electrons. The fourth-order valence-electron chi connectivity index (χ4n) is 2.16. The number of aryl methyl sites for hydroxylation is 1. The summed E-state index contributed by atoms with van der Waals surface area (Å²) < 4.78 is 10.6. The predicted octanol–water partition coefficient (Wildman–Crippen LogP) is 3.52. The fourth-order valence-corrected chi connectivity index (χ4v) is 2.16. The second-order valence-corrected chi connectivity index (χ2v) is 5.10. The summed E-state index contributed by atoms with van der Waals surface area (Å²) in [4.78, 5) is 22.1. The summed E-state index contributed by atoms with van der Waals surface area (Å²) in [7, 11) is 0. The summed E-state index contributed by atoms with van der Waals surface area (Å²) in [5.41, 5.74) is 3.49. The molecule has 0 fully saturated rings. The maximum absolute atomic E-state index is 11.9. The molecule has 3 rings (SSSR count). The van der Waals surface area contributed by atoms with Crippen LogP contribution in [0.5, 0.6) is 0 Å². The minimum absolute atomic E-state index is 0.00865. The number of hydrogen-bond acceptors (Lipinski definition) is 6. The van der Waals surface area contributed by atoms with E-state index in [-0.39, 0.29) is 11.6 Å². The lowest BCUT2D eigenvalue weighted by Crippen LogP contribution is -2.17. The minimum Gasteiger partial charge on any atom is -0.469 e. The summed E-state index contributed by atoms with van der Waals surface area (Å²) in [6.07, 6.45) is 2.79. The molecule has 0 radical (unpaired) electrons. The lowest BCUT2D eigenvalue weighted by atomic mass is 10.1. The van der Waals surface area contributed by atoms with E-state index in [1.807, 2.05) is 0 Å². The normalized spacial score (nSPS) is 10.9. The van der Waals surface area contributed by atoms with Gasteiger partial charge in [0.1, 0.15) is 17.3 Å². The van der Waals surface area contributed by atoms with Gasteiger partial charge in [-0.1, -0.05) is 0 Å². The zero-order valence-corrected chi connectivity index (χ0v) is 13.1. The molecule has 0 unspecified atom stereocenters. The van der Waals surface area contributed by atoms with Gasteiger partial charge in [-0.05, 0) is 37.3 Å². The minimum atomic E-state index is -0.464. The van der Waals surface area contributed by atoms with Gasteiger partial charge in [0.05, 0.1) is 23.0 Å². The van der Waals surface area contributed by atoms with Crippen molar-refractivity contribution in [1.29, 1.82) is 0 Å². The van der Waals surface area contributed by atoms with Gasteiger partial charge in [0.2, 0.25) is 0 Å². The number of nitrogens with one attached hydrogen (secondary N) is 1. The molecule has 8 nitrogen and oxygen atoms in total. The number of carbonyl (C=O) groups is 1.